The lowest BCUT2D eigenvalue weighted by molar-refractivity contribution is 1.06. The summed E-state index contributed by atoms with van der Waals surface area (Å²) in [4.78, 5) is 17.0. The molecule has 0 atom stereocenters. The van der Waals surface area contributed by atoms with Gasteiger partial charge in [-0.25, -0.2) is 4.79 Å². The lowest BCUT2D eigenvalue weighted by Crippen LogP contribution is -2.17. The van der Waals surface area contributed by atoms with Crippen LogP contribution in [-0.4, -0.2) is 18.0 Å². The van der Waals surface area contributed by atoms with E-state index in [1.54, 1.807) is 12.3 Å². The molecule has 0 bridgehead atoms. The van der Waals surface area contributed by atoms with Gasteiger partial charge in [0.15, 0.2) is 0 Å². The van der Waals surface area contributed by atoms with E-state index in [1.807, 2.05) is 0 Å². The molecular weight excluding hydrogens is 180 g/mol. The van der Waals surface area contributed by atoms with Gasteiger partial charge < -0.3 is 4.98 Å². The van der Waals surface area contributed by atoms with Crippen LogP contribution in [0.25, 0.3) is 0 Å². The zero-order valence-corrected chi connectivity index (χ0v) is 9.01. The minimum atomic E-state index is -1.37. The molecule has 1 N–H and O–H groups in total. The van der Waals surface area contributed by atoms with Gasteiger partial charge in [0.2, 0.25) is 0 Å². The van der Waals surface area contributed by atoms with Crippen molar-refractivity contribution in [3.8, 4) is 11.5 Å². The monoisotopic (exact) mass is 192 g/mol. The summed E-state index contributed by atoms with van der Waals surface area (Å²) in [6.07, 6.45) is 1.56. The molecule has 0 aromatic carbocycles. The Morgan fingerprint density at radius 3 is 2.69 bits per heavy atom. The van der Waals surface area contributed by atoms with E-state index in [0.717, 1.165) is 0 Å². The Morgan fingerprint density at radius 1 is 1.46 bits per heavy atom. The van der Waals surface area contributed by atoms with Gasteiger partial charge in [0.1, 0.15) is 13.8 Å². The molecule has 0 spiro atoms. The Morgan fingerprint density at radius 2 is 2.15 bits per heavy atom. The number of aromatic amines is 1. The van der Waals surface area contributed by atoms with Crippen LogP contribution in [-0.2, 0) is 0 Å². The van der Waals surface area contributed by atoms with Gasteiger partial charge >= 0.3 is 5.69 Å². The minimum absolute atomic E-state index is 0.345. The molecule has 0 aliphatic rings. The van der Waals surface area contributed by atoms with Crippen LogP contribution in [0.1, 0.15) is 5.69 Å². The zero-order chi connectivity index (χ0) is 9.90. The molecule has 1 aromatic heterocycles. The fourth-order valence-electron chi connectivity index (χ4n) is 0.692. The lowest BCUT2D eigenvalue weighted by Gasteiger charge is -2.02. The molecule has 1 heterocycles. The highest BCUT2D eigenvalue weighted by Gasteiger charge is 2.07. The highest BCUT2D eigenvalue weighted by atomic mass is 28.3. The van der Waals surface area contributed by atoms with Crippen molar-refractivity contribution in [2.24, 2.45) is 0 Å². The third-order valence-corrected chi connectivity index (χ3v) is 2.11. The first kappa shape index (κ1) is 9.74. The van der Waals surface area contributed by atoms with Crippen LogP contribution >= 0.6 is 0 Å². The van der Waals surface area contributed by atoms with E-state index < -0.39 is 8.07 Å². The highest BCUT2D eigenvalue weighted by molar-refractivity contribution is 6.83. The maximum atomic E-state index is 10.8. The third-order valence-electron chi connectivity index (χ3n) is 1.24. The molecule has 0 aliphatic heterocycles. The maximum absolute atomic E-state index is 10.8. The number of hydrogen-bond donors (Lipinski definition) is 1. The fraction of sp³-hybridized carbons (Fsp3) is 0.333. The largest absolute Gasteiger partial charge is 0.346 e. The molecule has 3 nitrogen and oxygen atoms in total. The van der Waals surface area contributed by atoms with Crippen molar-refractivity contribution in [2.75, 3.05) is 0 Å². The SMILES string of the molecule is C[Si](C)(C)C#Cc1cc[nH]c(=O)n1. The summed E-state index contributed by atoms with van der Waals surface area (Å²) in [7, 11) is -1.37. The van der Waals surface area contributed by atoms with Crippen molar-refractivity contribution in [3.63, 3.8) is 0 Å². The van der Waals surface area contributed by atoms with E-state index in [4.69, 9.17) is 0 Å². The van der Waals surface area contributed by atoms with Crippen LogP contribution in [0.2, 0.25) is 19.6 Å². The zero-order valence-electron chi connectivity index (χ0n) is 8.01. The Balaban J connectivity index is 2.97. The second-order valence-electron chi connectivity index (χ2n) is 3.78. The van der Waals surface area contributed by atoms with E-state index in [1.165, 1.54) is 0 Å². The van der Waals surface area contributed by atoms with Crippen molar-refractivity contribution < 1.29 is 0 Å². The number of H-pyrrole nitrogens is 1. The van der Waals surface area contributed by atoms with Crippen LogP contribution in [0, 0.1) is 11.5 Å². The molecule has 0 unspecified atom stereocenters. The fourth-order valence-corrected chi connectivity index (χ4v) is 1.20. The van der Waals surface area contributed by atoms with Gasteiger partial charge in [0, 0.05) is 6.20 Å². The summed E-state index contributed by atoms with van der Waals surface area (Å²) < 4.78 is 0. The summed E-state index contributed by atoms with van der Waals surface area (Å²) in [6.45, 7) is 6.44. The molecule has 1 rings (SSSR count). The van der Waals surface area contributed by atoms with E-state index in [9.17, 15) is 4.79 Å². The highest BCUT2D eigenvalue weighted by Crippen LogP contribution is 1.97. The molecular formula is C9H12N2OSi. The Labute approximate surface area is 78.2 Å². The maximum Gasteiger partial charge on any atom is 0.346 e. The van der Waals surface area contributed by atoms with Crippen molar-refractivity contribution >= 4 is 8.07 Å². The van der Waals surface area contributed by atoms with Gasteiger partial charge in [0.05, 0.1) is 0 Å². The first-order valence-electron chi connectivity index (χ1n) is 4.06. The molecule has 4 heteroatoms. The molecule has 0 saturated carbocycles. The molecule has 68 valence electrons. The molecule has 0 radical (unpaired) electrons. The number of aromatic nitrogens is 2. The van der Waals surface area contributed by atoms with Gasteiger partial charge in [-0.3, -0.25) is 0 Å². The second-order valence-corrected chi connectivity index (χ2v) is 8.53. The van der Waals surface area contributed by atoms with E-state index in [0.29, 0.717) is 5.69 Å². The first-order valence-corrected chi connectivity index (χ1v) is 7.56. The summed E-state index contributed by atoms with van der Waals surface area (Å²) in [6, 6.07) is 1.70. The summed E-state index contributed by atoms with van der Waals surface area (Å²) in [5.41, 5.74) is 3.34. The number of hydrogen-bond acceptors (Lipinski definition) is 2. The van der Waals surface area contributed by atoms with E-state index >= 15 is 0 Å². The summed E-state index contributed by atoms with van der Waals surface area (Å²) in [5, 5.41) is 0. The predicted molar refractivity (Wildman–Crippen MR) is 55.1 cm³/mol. The molecule has 1 aromatic rings. The van der Waals surface area contributed by atoms with Gasteiger partial charge in [-0.1, -0.05) is 25.6 Å². The summed E-state index contributed by atoms with van der Waals surface area (Å²) in [5.74, 6) is 2.91. The Kier molecular flexibility index (Phi) is 2.68. The first-order chi connectivity index (χ1) is 5.97. The van der Waals surface area contributed by atoms with Gasteiger partial charge in [-0.2, -0.15) is 4.98 Å². The lowest BCUT2D eigenvalue weighted by atomic mass is 10.4. The average molecular weight is 192 g/mol. The normalized spacial score (nSPS) is 10.4. The Bertz CT molecular complexity index is 406. The predicted octanol–water partition coefficient (Wildman–Crippen LogP) is 0.999. The van der Waals surface area contributed by atoms with Gasteiger partial charge in [-0.05, 0) is 6.07 Å². The van der Waals surface area contributed by atoms with Crippen molar-refractivity contribution in [1.29, 1.82) is 0 Å². The molecule has 0 fully saturated rings. The quantitative estimate of drug-likeness (QED) is 0.492. The van der Waals surface area contributed by atoms with Crippen LogP contribution in [0.3, 0.4) is 0 Å². The minimum Gasteiger partial charge on any atom is -0.313 e. The molecule has 0 saturated heterocycles. The third kappa shape index (κ3) is 3.72. The standard InChI is InChI=1S/C9H12N2OSi/c1-13(2,3)7-5-8-4-6-10-9(12)11-8/h4,6H,1-3H3,(H,10,11,12). The Hall–Kier alpha value is -1.34. The number of rotatable bonds is 0. The van der Waals surface area contributed by atoms with Crippen molar-refractivity contribution in [2.45, 2.75) is 19.6 Å². The number of nitrogens with one attached hydrogen (secondary N) is 1. The number of nitrogens with zero attached hydrogens (tertiary/aromatic N) is 1. The average Bonchev–Trinajstić information content (AvgIpc) is 2.00. The van der Waals surface area contributed by atoms with Crippen LogP contribution in [0.15, 0.2) is 17.1 Å². The van der Waals surface area contributed by atoms with Crippen molar-refractivity contribution in [1.82, 2.24) is 9.97 Å². The van der Waals surface area contributed by atoms with Gasteiger partial charge in [0.25, 0.3) is 0 Å². The van der Waals surface area contributed by atoms with Crippen LogP contribution < -0.4 is 5.69 Å². The van der Waals surface area contributed by atoms with Gasteiger partial charge in [-0.15, -0.1) is 5.54 Å². The van der Waals surface area contributed by atoms with Crippen LogP contribution in [0.4, 0.5) is 0 Å². The topological polar surface area (TPSA) is 45.8 Å². The van der Waals surface area contributed by atoms with Crippen LogP contribution in [0.5, 0.6) is 0 Å². The summed E-state index contributed by atoms with van der Waals surface area (Å²) >= 11 is 0. The molecule has 0 amide bonds. The van der Waals surface area contributed by atoms with E-state index in [2.05, 4.69) is 41.1 Å². The molecule has 0 aliphatic carbocycles. The van der Waals surface area contributed by atoms with E-state index in [-0.39, 0.29) is 5.69 Å². The van der Waals surface area contributed by atoms with Crippen molar-refractivity contribution in [3.05, 3.63) is 28.4 Å². The molecule has 13 heavy (non-hydrogen) atoms. The smallest absolute Gasteiger partial charge is 0.313 e. The second kappa shape index (κ2) is 3.58.